The molecule has 4 nitrogen and oxygen atoms in total. The Morgan fingerprint density at radius 2 is 2.04 bits per heavy atom. The third-order valence-corrected chi connectivity index (χ3v) is 5.37. The van der Waals surface area contributed by atoms with Crippen LogP contribution in [-0.2, 0) is 20.5 Å². The maximum Gasteiger partial charge on any atom is 0.333 e. The third kappa shape index (κ3) is 2.50. The molecule has 23 heavy (non-hydrogen) atoms. The van der Waals surface area contributed by atoms with Gasteiger partial charge in [0, 0.05) is 28.2 Å². The molecule has 0 radical (unpaired) electrons. The van der Waals surface area contributed by atoms with E-state index in [1.54, 1.807) is 0 Å². The monoisotopic (exact) mass is 378 g/mol. The summed E-state index contributed by atoms with van der Waals surface area (Å²) in [5.41, 5.74) is 2.22. The first kappa shape index (κ1) is 16.5. The van der Waals surface area contributed by atoms with Crippen molar-refractivity contribution in [2.75, 3.05) is 11.9 Å². The second-order valence-electron chi connectivity index (χ2n) is 7.15. The van der Waals surface area contributed by atoms with Crippen LogP contribution in [0.25, 0.3) is 10.9 Å². The number of benzene rings is 1. The highest BCUT2D eigenvalue weighted by Crippen LogP contribution is 2.43. The molecule has 2 aromatic rings. The number of rotatable bonds is 3. The largest absolute Gasteiger partial charge is 0.461 e. The number of esters is 1. The molecule has 0 saturated carbocycles. The van der Waals surface area contributed by atoms with Gasteiger partial charge in [-0.15, -0.1) is 0 Å². The van der Waals surface area contributed by atoms with Crippen molar-refractivity contribution in [1.29, 1.82) is 0 Å². The van der Waals surface area contributed by atoms with Gasteiger partial charge in [0.15, 0.2) is 5.54 Å². The van der Waals surface area contributed by atoms with Crippen LogP contribution in [0.15, 0.2) is 24.3 Å². The van der Waals surface area contributed by atoms with Crippen molar-refractivity contribution < 1.29 is 9.53 Å². The molecule has 2 heterocycles. The number of aromatic amines is 1. The molecule has 0 fully saturated rings. The van der Waals surface area contributed by atoms with Gasteiger partial charge in [-0.2, -0.15) is 0 Å². The first-order valence-corrected chi connectivity index (χ1v) is 9.08. The van der Waals surface area contributed by atoms with E-state index in [1.165, 1.54) is 10.9 Å². The number of aromatic nitrogens is 1. The van der Waals surface area contributed by atoms with Crippen LogP contribution >= 0.6 is 15.9 Å². The minimum absolute atomic E-state index is 0.0707. The quantitative estimate of drug-likeness (QED) is 0.633. The highest BCUT2D eigenvalue weighted by atomic mass is 79.9. The molecule has 1 aromatic heterocycles. The van der Waals surface area contributed by atoms with Gasteiger partial charge < -0.3 is 9.72 Å². The normalized spacial score (nSPS) is 23.0. The molecule has 5 heteroatoms. The van der Waals surface area contributed by atoms with E-state index in [0.717, 1.165) is 11.2 Å². The average molecular weight is 379 g/mol. The number of H-pyrrole nitrogens is 1. The van der Waals surface area contributed by atoms with Crippen molar-refractivity contribution in [2.24, 2.45) is 0 Å². The predicted molar refractivity (Wildman–Crippen MR) is 96.0 cm³/mol. The van der Waals surface area contributed by atoms with Crippen molar-refractivity contribution in [3.8, 4) is 0 Å². The van der Waals surface area contributed by atoms with Crippen molar-refractivity contribution in [1.82, 2.24) is 10.3 Å². The van der Waals surface area contributed by atoms with Gasteiger partial charge in [0.25, 0.3) is 0 Å². The second kappa shape index (κ2) is 5.64. The zero-order valence-corrected chi connectivity index (χ0v) is 15.6. The van der Waals surface area contributed by atoms with Crippen LogP contribution in [-0.4, -0.2) is 28.9 Å². The molecule has 2 N–H and O–H groups in total. The number of ether oxygens (including phenoxy) is 1. The van der Waals surface area contributed by atoms with Gasteiger partial charge in [-0.1, -0.05) is 48.0 Å². The molecule has 1 aromatic carbocycles. The highest BCUT2D eigenvalue weighted by Gasteiger charge is 2.50. The summed E-state index contributed by atoms with van der Waals surface area (Å²) < 4.78 is 5.55. The van der Waals surface area contributed by atoms with Crippen LogP contribution in [0.2, 0.25) is 0 Å². The van der Waals surface area contributed by atoms with Gasteiger partial charge in [0.05, 0.1) is 11.8 Å². The number of alkyl halides is 1. The maximum atomic E-state index is 12.9. The molecule has 124 valence electrons. The van der Waals surface area contributed by atoms with Crippen LogP contribution in [0, 0.1) is 0 Å². The zero-order chi connectivity index (χ0) is 16.8. The molecular weight excluding hydrogens is 356 g/mol. The number of nitrogens with one attached hydrogen (secondary N) is 2. The molecule has 0 bridgehead atoms. The Kier molecular flexibility index (Phi) is 4.05. The van der Waals surface area contributed by atoms with Crippen LogP contribution in [0.5, 0.6) is 0 Å². The minimum atomic E-state index is -0.881. The Balaban J connectivity index is 2.25. The number of para-hydroxylation sites is 1. The Hall–Kier alpha value is -1.33. The number of fused-ring (bicyclic) bond motifs is 3. The summed E-state index contributed by atoms with van der Waals surface area (Å²) in [5, 5.41) is 5.08. The van der Waals surface area contributed by atoms with Crippen molar-refractivity contribution in [3.63, 3.8) is 0 Å². The Morgan fingerprint density at radius 3 is 2.70 bits per heavy atom. The van der Waals surface area contributed by atoms with Gasteiger partial charge in [0.1, 0.15) is 0 Å². The van der Waals surface area contributed by atoms with Crippen LogP contribution in [0.1, 0.15) is 39.0 Å². The Labute approximate surface area is 145 Å². The molecule has 3 rings (SSSR count). The molecule has 1 atom stereocenters. The van der Waals surface area contributed by atoms with Gasteiger partial charge in [-0.3, -0.25) is 5.32 Å². The Morgan fingerprint density at radius 1 is 1.35 bits per heavy atom. The molecule has 0 aliphatic carbocycles. The molecule has 1 aliphatic heterocycles. The molecule has 0 spiro atoms. The second-order valence-corrected chi connectivity index (χ2v) is 7.71. The van der Waals surface area contributed by atoms with E-state index in [1.807, 2.05) is 26.0 Å². The Bertz CT molecular complexity index is 751. The summed E-state index contributed by atoms with van der Waals surface area (Å²) in [5.74, 6) is -0.243. The van der Waals surface area contributed by atoms with Gasteiger partial charge in [-0.05, 0) is 25.5 Å². The van der Waals surface area contributed by atoms with E-state index in [0.29, 0.717) is 11.9 Å². The van der Waals surface area contributed by atoms with Gasteiger partial charge >= 0.3 is 5.97 Å². The van der Waals surface area contributed by atoms with E-state index in [9.17, 15) is 4.79 Å². The molecule has 0 saturated heterocycles. The topological polar surface area (TPSA) is 54.1 Å². The SMILES string of the molecule is CC(C)OC(=O)[C@@]1(CBr)NCC(C)(C)c2c1[nH]c1ccccc21. The summed E-state index contributed by atoms with van der Waals surface area (Å²) >= 11 is 3.54. The zero-order valence-electron chi connectivity index (χ0n) is 14.0. The molecular formula is C18H23BrN2O2. The summed E-state index contributed by atoms with van der Waals surface area (Å²) in [4.78, 5) is 16.4. The lowest BCUT2D eigenvalue weighted by molar-refractivity contribution is -0.155. The average Bonchev–Trinajstić information content (AvgIpc) is 2.88. The molecule has 1 aliphatic rings. The van der Waals surface area contributed by atoms with E-state index in [2.05, 4.69) is 52.2 Å². The lowest BCUT2D eigenvalue weighted by Gasteiger charge is -2.42. The minimum Gasteiger partial charge on any atom is -0.461 e. The first-order chi connectivity index (χ1) is 10.8. The summed E-state index contributed by atoms with van der Waals surface area (Å²) in [7, 11) is 0. The standard InChI is InChI=1S/C18H23BrN2O2/c1-11(2)23-16(22)18(9-19)15-14(17(3,4)10-20-18)12-7-5-6-8-13(12)21-15/h5-8,11,20-21H,9-10H2,1-4H3/t18-/m0/s1. The van der Waals surface area contributed by atoms with Crippen LogP contribution in [0.3, 0.4) is 0 Å². The third-order valence-electron chi connectivity index (χ3n) is 4.53. The maximum absolute atomic E-state index is 12.9. The lowest BCUT2D eigenvalue weighted by atomic mass is 9.74. The van der Waals surface area contributed by atoms with E-state index in [-0.39, 0.29) is 17.5 Å². The fourth-order valence-electron chi connectivity index (χ4n) is 3.37. The predicted octanol–water partition coefficient (Wildman–Crippen LogP) is 3.59. The smallest absolute Gasteiger partial charge is 0.333 e. The van der Waals surface area contributed by atoms with Crippen molar-refractivity contribution >= 4 is 32.8 Å². The fraction of sp³-hybridized carbons (Fsp3) is 0.500. The van der Waals surface area contributed by atoms with Crippen LogP contribution in [0.4, 0.5) is 0 Å². The lowest BCUT2D eigenvalue weighted by Crippen LogP contribution is -2.59. The van der Waals surface area contributed by atoms with E-state index in [4.69, 9.17) is 4.74 Å². The van der Waals surface area contributed by atoms with Crippen molar-refractivity contribution in [2.45, 2.75) is 44.8 Å². The van der Waals surface area contributed by atoms with Gasteiger partial charge in [0.2, 0.25) is 0 Å². The first-order valence-electron chi connectivity index (χ1n) is 7.95. The fourth-order valence-corrected chi connectivity index (χ4v) is 4.08. The highest BCUT2D eigenvalue weighted by molar-refractivity contribution is 9.09. The molecule has 0 amide bonds. The number of carbonyl (C=O) groups excluding carboxylic acids is 1. The summed E-state index contributed by atoms with van der Waals surface area (Å²) in [6, 6.07) is 8.21. The summed E-state index contributed by atoms with van der Waals surface area (Å²) in [6.07, 6.45) is -0.150. The number of halogens is 1. The molecule has 0 unspecified atom stereocenters. The van der Waals surface area contributed by atoms with Gasteiger partial charge in [-0.25, -0.2) is 4.79 Å². The number of carbonyl (C=O) groups is 1. The number of hydrogen-bond donors (Lipinski definition) is 2. The van der Waals surface area contributed by atoms with E-state index < -0.39 is 5.54 Å². The number of hydrogen-bond acceptors (Lipinski definition) is 3. The van der Waals surface area contributed by atoms with E-state index >= 15 is 0 Å². The van der Waals surface area contributed by atoms with Crippen molar-refractivity contribution in [3.05, 3.63) is 35.5 Å². The summed E-state index contributed by atoms with van der Waals surface area (Å²) in [6.45, 7) is 8.86. The van der Waals surface area contributed by atoms with Crippen LogP contribution < -0.4 is 5.32 Å².